The van der Waals surface area contributed by atoms with E-state index in [1.165, 1.54) is 12.4 Å². The van der Waals surface area contributed by atoms with Crippen molar-refractivity contribution in [2.45, 2.75) is 50.3 Å². The van der Waals surface area contributed by atoms with Crippen LogP contribution in [0, 0.1) is 0 Å². The van der Waals surface area contributed by atoms with E-state index in [4.69, 9.17) is 4.74 Å². The third-order valence-electron chi connectivity index (χ3n) is 7.82. The Morgan fingerprint density at radius 2 is 1.62 bits per heavy atom. The van der Waals surface area contributed by atoms with Gasteiger partial charge in [-0.05, 0) is 51.8 Å². The first-order valence-corrected chi connectivity index (χ1v) is 16.0. The van der Waals surface area contributed by atoms with Crippen molar-refractivity contribution < 1.29 is 17.9 Å². The van der Waals surface area contributed by atoms with E-state index in [2.05, 4.69) is 25.3 Å². The molecular weight excluding hydrogens is 596 g/mol. The Morgan fingerprint density at radius 1 is 0.867 bits per heavy atom. The lowest BCUT2D eigenvalue weighted by atomic mass is 10.1. The summed E-state index contributed by atoms with van der Waals surface area (Å²) in [6, 6.07) is 5.53. The molecule has 1 saturated heterocycles. The van der Waals surface area contributed by atoms with Crippen molar-refractivity contribution >= 4 is 32.8 Å². The van der Waals surface area contributed by atoms with Crippen molar-refractivity contribution in [3.05, 3.63) is 67.8 Å². The number of hydrogen-bond acceptors (Lipinski definition) is 9. The molecule has 232 valence electrons. The number of amides is 1. The topological polar surface area (TPSA) is 147 Å². The van der Waals surface area contributed by atoms with Crippen LogP contribution in [0.1, 0.15) is 39.7 Å². The average molecular weight is 629 g/mol. The van der Waals surface area contributed by atoms with Crippen LogP contribution in [0.3, 0.4) is 0 Å². The first kappa shape index (κ1) is 28.7. The standard InChI is InChI=1S/C30H32N10O4S/c1-30(2,3)44-29(41)37-9-7-24(8-10-37)39-19-23(14-34-39)20-5-6-27-32-16-28(38(27)18-20)45(42,43)40-26-11-21(12-31-25(26)15-35-40)22-13-33-36(4)17-22/h5-6,11-19,24H,7-10H2,1-4H3. The van der Waals surface area contributed by atoms with Gasteiger partial charge in [0.25, 0.3) is 0 Å². The highest BCUT2D eigenvalue weighted by molar-refractivity contribution is 7.90. The lowest BCUT2D eigenvalue weighted by molar-refractivity contribution is 0.0184. The number of carbonyl (C=O) groups excluding carboxylic acids is 1. The molecule has 1 aliphatic heterocycles. The van der Waals surface area contributed by atoms with Crippen molar-refractivity contribution in [3.8, 4) is 22.3 Å². The van der Waals surface area contributed by atoms with Crippen LogP contribution in [0.4, 0.5) is 4.79 Å². The molecule has 1 aliphatic rings. The van der Waals surface area contributed by atoms with E-state index in [-0.39, 0.29) is 17.2 Å². The van der Waals surface area contributed by atoms with Crippen LogP contribution in [0.5, 0.6) is 0 Å². The minimum atomic E-state index is -4.15. The Hall–Kier alpha value is -5.05. The van der Waals surface area contributed by atoms with Crippen LogP contribution in [0.25, 0.3) is 38.9 Å². The molecule has 0 radical (unpaired) electrons. The molecule has 1 amide bonds. The SMILES string of the molecule is Cn1cc(-c2cnc3cnn(S(=O)(=O)c4cnc5ccc(-c6cnn(C7CCN(C(=O)OC(C)(C)C)CC7)c6)cn45)c3c2)cn1. The van der Waals surface area contributed by atoms with Gasteiger partial charge in [0.1, 0.15) is 22.3 Å². The van der Waals surface area contributed by atoms with Crippen LogP contribution in [0.15, 0.2) is 72.8 Å². The summed E-state index contributed by atoms with van der Waals surface area (Å²) in [5.41, 5.74) is 3.88. The molecule has 0 N–H and O–H groups in total. The number of imidazole rings is 1. The Morgan fingerprint density at radius 3 is 2.36 bits per heavy atom. The summed E-state index contributed by atoms with van der Waals surface area (Å²) in [6.07, 6.45) is 14.6. The minimum Gasteiger partial charge on any atom is -0.444 e. The third-order valence-corrected chi connectivity index (χ3v) is 9.39. The van der Waals surface area contributed by atoms with Gasteiger partial charge in [0.2, 0.25) is 0 Å². The lowest BCUT2D eigenvalue weighted by Gasteiger charge is -2.33. The second-order valence-electron chi connectivity index (χ2n) is 12.2. The van der Waals surface area contributed by atoms with Crippen LogP contribution in [-0.2, 0) is 21.8 Å². The molecule has 0 spiro atoms. The lowest BCUT2D eigenvalue weighted by Crippen LogP contribution is -2.42. The van der Waals surface area contributed by atoms with Gasteiger partial charge in [0, 0.05) is 67.2 Å². The second kappa shape index (κ2) is 10.5. The minimum absolute atomic E-state index is 0.0296. The van der Waals surface area contributed by atoms with Crippen LogP contribution < -0.4 is 0 Å². The molecule has 14 nitrogen and oxygen atoms in total. The smallest absolute Gasteiger partial charge is 0.410 e. The normalized spacial score (nSPS) is 14.9. The molecule has 1 fully saturated rings. The molecule has 0 unspecified atom stereocenters. The van der Waals surface area contributed by atoms with Gasteiger partial charge in [-0.2, -0.15) is 27.8 Å². The van der Waals surface area contributed by atoms with Crippen molar-refractivity contribution in [2.75, 3.05) is 13.1 Å². The second-order valence-corrected chi connectivity index (χ2v) is 13.9. The molecule has 0 saturated carbocycles. The molecule has 0 aromatic carbocycles. The van der Waals surface area contributed by atoms with Gasteiger partial charge in [-0.1, -0.05) is 0 Å². The van der Waals surface area contributed by atoms with E-state index >= 15 is 0 Å². The van der Waals surface area contributed by atoms with Gasteiger partial charge in [0.15, 0.2) is 5.03 Å². The number of nitrogens with zero attached hydrogens (tertiary/aromatic N) is 10. The predicted octanol–water partition coefficient (Wildman–Crippen LogP) is 4.15. The number of piperidine rings is 1. The number of carbonyl (C=O) groups is 1. The third kappa shape index (κ3) is 5.32. The fourth-order valence-electron chi connectivity index (χ4n) is 5.54. The Kier molecular flexibility index (Phi) is 6.72. The summed E-state index contributed by atoms with van der Waals surface area (Å²) in [6.45, 7) is 6.74. The molecule has 15 heteroatoms. The molecule has 6 aromatic heterocycles. The van der Waals surface area contributed by atoms with Crippen molar-refractivity contribution in [1.29, 1.82) is 0 Å². The molecule has 0 atom stereocenters. The van der Waals surface area contributed by atoms with Crippen molar-refractivity contribution in [3.63, 3.8) is 0 Å². The molecule has 45 heavy (non-hydrogen) atoms. The Balaban J connectivity index is 1.15. The number of fused-ring (bicyclic) bond motifs is 2. The number of likely N-dealkylation sites (tertiary alicyclic amines) is 1. The summed E-state index contributed by atoms with van der Waals surface area (Å²) in [5.74, 6) is 0. The van der Waals surface area contributed by atoms with Gasteiger partial charge in [-0.15, -0.1) is 0 Å². The average Bonchev–Trinajstić information content (AvgIpc) is 3.81. The molecule has 0 bridgehead atoms. The zero-order valence-corrected chi connectivity index (χ0v) is 26.1. The van der Waals surface area contributed by atoms with E-state index in [0.29, 0.717) is 29.8 Å². The Bertz CT molecular complexity index is 2160. The van der Waals surface area contributed by atoms with Crippen LogP contribution >= 0.6 is 0 Å². The van der Waals surface area contributed by atoms with Crippen molar-refractivity contribution in [1.82, 2.24) is 48.0 Å². The van der Waals surface area contributed by atoms with Crippen LogP contribution in [-0.4, -0.2) is 81.2 Å². The summed E-state index contributed by atoms with van der Waals surface area (Å²) < 4.78 is 39.6. The molecular formula is C30H32N10O4S. The summed E-state index contributed by atoms with van der Waals surface area (Å²) in [5, 5.41) is 13.0. The van der Waals surface area contributed by atoms with Gasteiger partial charge in [-0.25, -0.2) is 9.78 Å². The van der Waals surface area contributed by atoms with Gasteiger partial charge in [0.05, 0.1) is 30.8 Å². The summed E-state index contributed by atoms with van der Waals surface area (Å²) in [7, 11) is -2.34. The maximum absolute atomic E-state index is 14.0. The maximum atomic E-state index is 14.0. The highest BCUT2D eigenvalue weighted by Gasteiger charge is 2.29. The van der Waals surface area contributed by atoms with E-state index in [0.717, 1.165) is 39.2 Å². The van der Waals surface area contributed by atoms with E-state index in [1.807, 2.05) is 51.0 Å². The van der Waals surface area contributed by atoms with Crippen LogP contribution in [0.2, 0.25) is 0 Å². The monoisotopic (exact) mass is 628 g/mol. The zero-order valence-electron chi connectivity index (χ0n) is 25.3. The van der Waals surface area contributed by atoms with Gasteiger partial charge < -0.3 is 9.64 Å². The largest absolute Gasteiger partial charge is 0.444 e. The van der Waals surface area contributed by atoms with Gasteiger partial charge in [-0.3, -0.25) is 18.7 Å². The summed E-state index contributed by atoms with van der Waals surface area (Å²) >= 11 is 0. The molecule has 7 rings (SSSR count). The fourth-order valence-corrected chi connectivity index (χ4v) is 6.87. The van der Waals surface area contributed by atoms with E-state index in [1.54, 1.807) is 50.9 Å². The molecule has 7 heterocycles. The number of aryl methyl sites for hydroxylation is 1. The first-order chi connectivity index (χ1) is 21.5. The van der Waals surface area contributed by atoms with E-state index < -0.39 is 15.6 Å². The number of rotatable bonds is 5. The number of aromatic nitrogens is 9. The fraction of sp³-hybridized carbons (Fsp3) is 0.333. The number of ether oxygens (including phenoxy) is 1. The first-order valence-electron chi connectivity index (χ1n) is 14.5. The van der Waals surface area contributed by atoms with E-state index in [9.17, 15) is 13.2 Å². The number of pyridine rings is 2. The Labute approximate surface area is 258 Å². The highest BCUT2D eigenvalue weighted by atomic mass is 32.2. The summed E-state index contributed by atoms with van der Waals surface area (Å²) in [4.78, 5) is 23.0. The van der Waals surface area contributed by atoms with Crippen molar-refractivity contribution in [2.24, 2.45) is 7.05 Å². The quantitative estimate of drug-likeness (QED) is 0.275. The predicted molar refractivity (Wildman–Crippen MR) is 165 cm³/mol. The molecule has 6 aromatic rings. The zero-order chi connectivity index (χ0) is 31.5. The van der Waals surface area contributed by atoms with Gasteiger partial charge >= 0.3 is 16.1 Å². The highest BCUT2D eigenvalue weighted by Crippen LogP contribution is 2.29. The molecule has 0 aliphatic carbocycles. The number of hydrogen-bond donors (Lipinski definition) is 0. The maximum Gasteiger partial charge on any atom is 0.410 e.